The summed E-state index contributed by atoms with van der Waals surface area (Å²) >= 11 is 5.92. The molecule has 0 fully saturated rings. The topological polar surface area (TPSA) is 89.0 Å². The summed E-state index contributed by atoms with van der Waals surface area (Å²) in [5.74, 6) is 0.195. The van der Waals surface area contributed by atoms with Crippen LogP contribution in [-0.2, 0) is 4.79 Å². The Bertz CT molecular complexity index is 899. The van der Waals surface area contributed by atoms with Crippen LogP contribution in [0.2, 0.25) is 5.02 Å². The SMILES string of the molecule is COc1ccc(C=NNC(=O)C(NC(=O)c2cccc(Cl)c2)C(C)C)cc1OC. The molecule has 2 aromatic carbocycles. The summed E-state index contributed by atoms with van der Waals surface area (Å²) in [5, 5.41) is 7.15. The van der Waals surface area contributed by atoms with Gasteiger partial charge in [-0.25, -0.2) is 5.43 Å². The Kier molecular flexibility index (Phi) is 8.03. The van der Waals surface area contributed by atoms with Crippen molar-refractivity contribution in [1.82, 2.24) is 10.7 Å². The fourth-order valence-corrected chi connectivity index (χ4v) is 2.75. The average molecular weight is 418 g/mol. The number of rotatable bonds is 8. The van der Waals surface area contributed by atoms with Gasteiger partial charge in [-0.1, -0.05) is 31.5 Å². The van der Waals surface area contributed by atoms with Crippen LogP contribution in [0.15, 0.2) is 47.6 Å². The maximum absolute atomic E-state index is 12.5. The molecule has 2 amide bonds. The van der Waals surface area contributed by atoms with E-state index in [1.807, 2.05) is 13.8 Å². The van der Waals surface area contributed by atoms with Gasteiger partial charge < -0.3 is 14.8 Å². The smallest absolute Gasteiger partial charge is 0.262 e. The predicted octanol–water partition coefficient (Wildman–Crippen LogP) is 3.26. The highest BCUT2D eigenvalue weighted by molar-refractivity contribution is 6.31. The molecule has 0 saturated carbocycles. The van der Waals surface area contributed by atoms with Gasteiger partial charge in [-0.3, -0.25) is 9.59 Å². The zero-order valence-corrected chi connectivity index (χ0v) is 17.5. The summed E-state index contributed by atoms with van der Waals surface area (Å²) in [7, 11) is 3.09. The lowest BCUT2D eigenvalue weighted by Crippen LogP contribution is -2.48. The molecule has 2 N–H and O–H groups in total. The largest absolute Gasteiger partial charge is 0.493 e. The van der Waals surface area contributed by atoms with Crippen molar-refractivity contribution in [2.75, 3.05) is 14.2 Å². The fraction of sp³-hybridized carbons (Fsp3) is 0.286. The van der Waals surface area contributed by atoms with Crippen LogP contribution in [0.3, 0.4) is 0 Å². The second kappa shape index (κ2) is 10.5. The van der Waals surface area contributed by atoms with Crippen molar-refractivity contribution in [3.8, 4) is 11.5 Å². The molecule has 0 aliphatic rings. The van der Waals surface area contributed by atoms with E-state index in [9.17, 15) is 9.59 Å². The molecule has 1 unspecified atom stereocenters. The molecule has 154 valence electrons. The molecule has 0 heterocycles. The lowest BCUT2D eigenvalue weighted by molar-refractivity contribution is -0.123. The number of halogens is 1. The summed E-state index contributed by atoms with van der Waals surface area (Å²) in [6.45, 7) is 3.67. The molecular weight excluding hydrogens is 394 g/mol. The highest BCUT2D eigenvalue weighted by Gasteiger charge is 2.24. The van der Waals surface area contributed by atoms with Crippen LogP contribution in [0, 0.1) is 5.92 Å². The lowest BCUT2D eigenvalue weighted by atomic mass is 10.0. The second-order valence-electron chi connectivity index (χ2n) is 6.55. The van der Waals surface area contributed by atoms with E-state index in [0.29, 0.717) is 27.6 Å². The van der Waals surface area contributed by atoms with Crippen molar-refractivity contribution in [2.45, 2.75) is 19.9 Å². The minimum absolute atomic E-state index is 0.144. The maximum atomic E-state index is 12.5. The fourth-order valence-electron chi connectivity index (χ4n) is 2.56. The number of hydrogen-bond donors (Lipinski definition) is 2. The average Bonchev–Trinajstić information content (AvgIpc) is 2.71. The Balaban J connectivity index is 2.04. The van der Waals surface area contributed by atoms with Crippen LogP contribution in [0.25, 0.3) is 0 Å². The Morgan fingerprint density at radius 2 is 1.79 bits per heavy atom. The molecular formula is C21H24ClN3O4. The Hall–Kier alpha value is -3.06. The second-order valence-corrected chi connectivity index (χ2v) is 6.99. The number of nitrogens with zero attached hydrogens (tertiary/aromatic N) is 1. The molecule has 2 aromatic rings. The van der Waals surface area contributed by atoms with Crippen molar-refractivity contribution >= 4 is 29.6 Å². The van der Waals surface area contributed by atoms with Gasteiger partial charge in [0, 0.05) is 10.6 Å². The van der Waals surface area contributed by atoms with E-state index >= 15 is 0 Å². The standard InChI is InChI=1S/C21H24ClN3O4/c1-13(2)19(24-20(26)15-6-5-7-16(22)11-15)21(27)25-23-12-14-8-9-17(28-3)18(10-14)29-4/h5-13,19H,1-4H3,(H,24,26)(H,25,27). The van der Waals surface area contributed by atoms with E-state index in [-0.39, 0.29) is 11.8 Å². The number of nitrogens with one attached hydrogen (secondary N) is 2. The number of hydrazone groups is 1. The number of amides is 2. The summed E-state index contributed by atoms with van der Waals surface area (Å²) in [6, 6.07) is 11.0. The molecule has 0 aromatic heterocycles. The molecule has 0 aliphatic carbocycles. The minimum atomic E-state index is -0.760. The van der Waals surface area contributed by atoms with Crippen molar-refractivity contribution in [2.24, 2.45) is 11.0 Å². The Labute approximate surface area is 175 Å². The maximum Gasteiger partial charge on any atom is 0.262 e. The number of ether oxygens (including phenoxy) is 2. The van der Waals surface area contributed by atoms with Crippen LogP contribution in [0.1, 0.15) is 29.8 Å². The highest BCUT2D eigenvalue weighted by Crippen LogP contribution is 2.26. The summed E-state index contributed by atoms with van der Waals surface area (Å²) in [5.41, 5.74) is 3.56. The molecule has 8 heteroatoms. The molecule has 1 atom stereocenters. The number of carbonyl (C=O) groups is 2. The normalized spacial score (nSPS) is 11.9. The van der Waals surface area contributed by atoms with E-state index < -0.39 is 11.9 Å². The van der Waals surface area contributed by atoms with Crippen LogP contribution < -0.4 is 20.2 Å². The molecule has 0 saturated heterocycles. The molecule has 0 radical (unpaired) electrons. The molecule has 2 rings (SSSR count). The van der Waals surface area contributed by atoms with Gasteiger partial charge in [0.25, 0.3) is 11.8 Å². The van der Waals surface area contributed by atoms with Crippen molar-refractivity contribution < 1.29 is 19.1 Å². The first kappa shape index (κ1) is 22.2. The van der Waals surface area contributed by atoms with E-state index in [4.69, 9.17) is 21.1 Å². The first-order valence-corrected chi connectivity index (χ1v) is 9.35. The number of hydrogen-bond acceptors (Lipinski definition) is 5. The minimum Gasteiger partial charge on any atom is -0.493 e. The van der Waals surface area contributed by atoms with E-state index in [1.165, 1.54) is 13.3 Å². The van der Waals surface area contributed by atoms with Crippen molar-refractivity contribution in [1.29, 1.82) is 0 Å². The van der Waals surface area contributed by atoms with Gasteiger partial charge >= 0.3 is 0 Å². The predicted molar refractivity (Wildman–Crippen MR) is 113 cm³/mol. The van der Waals surface area contributed by atoms with Crippen molar-refractivity contribution in [3.63, 3.8) is 0 Å². The van der Waals surface area contributed by atoms with Crippen LogP contribution in [0.4, 0.5) is 0 Å². The Morgan fingerprint density at radius 3 is 2.41 bits per heavy atom. The van der Waals surface area contributed by atoms with Gasteiger partial charge in [0.15, 0.2) is 11.5 Å². The van der Waals surface area contributed by atoms with Gasteiger partial charge in [-0.15, -0.1) is 0 Å². The van der Waals surface area contributed by atoms with Gasteiger partial charge in [-0.2, -0.15) is 5.10 Å². The van der Waals surface area contributed by atoms with Crippen LogP contribution >= 0.6 is 11.6 Å². The summed E-state index contributed by atoms with van der Waals surface area (Å²) in [6.07, 6.45) is 1.48. The molecule has 29 heavy (non-hydrogen) atoms. The van der Waals surface area contributed by atoms with Gasteiger partial charge in [0.2, 0.25) is 0 Å². The third-order valence-electron chi connectivity index (χ3n) is 4.12. The number of methoxy groups -OCH3 is 2. The van der Waals surface area contributed by atoms with Gasteiger partial charge in [-0.05, 0) is 47.9 Å². The zero-order valence-electron chi connectivity index (χ0n) is 16.7. The number of benzene rings is 2. The third-order valence-corrected chi connectivity index (χ3v) is 4.35. The zero-order chi connectivity index (χ0) is 21.4. The summed E-state index contributed by atoms with van der Waals surface area (Å²) in [4.78, 5) is 25.0. The summed E-state index contributed by atoms with van der Waals surface area (Å²) < 4.78 is 10.4. The van der Waals surface area contributed by atoms with E-state index in [0.717, 1.165) is 0 Å². The Morgan fingerprint density at radius 1 is 1.07 bits per heavy atom. The van der Waals surface area contributed by atoms with Crippen LogP contribution in [-0.4, -0.2) is 38.3 Å². The first-order chi connectivity index (χ1) is 13.8. The van der Waals surface area contributed by atoms with Crippen molar-refractivity contribution in [3.05, 3.63) is 58.6 Å². The van der Waals surface area contributed by atoms with Gasteiger partial charge in [0.1, 0.15) is 6.04 Å². The quantitative estimate of drug-likeness (QED) is 0.509. The van der Waals surface area contributed by atoms with E-state index in [2.05, 4.69) is 15.8 Å². The molecule has 7 nitrogen and oxygen atoms in total. The lowest BCUT2D eigenvalue weighted by Gasteiger charge is -2.20. The third kappa shape index (κ3) is 6.22. The first-order valence-electron chi connectivity index (χ1n) is 8.97. The highest BCUT2D eigenvalue weighted by atomic mass is 35.5. The van der Waals surface area contributed by atoms with E-state index in [1.54, 1.807) is 49.6 Å². The molecule has 0 spiro atoms. The molecule has 0 aliphatic heterocycles. The van der Waals surface area contributed by atoms with Gasteiger partial charge in [0.05, 0.1) is 20.4 Å². The van der Waals surface area contributed by atoms with Crippen LogP contribution in [0.5, 0.6) is 11.5 Å². The molecule has 0 bridgehead atoms. The number of carbonyl (C=O) groups excluding carboxylic acids is 2. The monoisotopic (exact) mass is 417 g/mol.